The van der Waals surface area contributed by atoms with Gasteiger partial charge in [0.15, 0.2) is 11.5 Å². The zero-order chi connectivity index (χ0) is 22.9. The number of hydrogen-bond acceptors (Lipinski definition) is 6. The van der Waals surface area contributed by atoms with Gasteiger partial charge in [0.25, 0.3) is 0 Å². The van der Waals surface area contributed by atoms with Gasteiger partial charge in [0.05, 0.1) is 24.9 Å². The van der Waals surface area contributed by atoms with Crippen molar-refractivity contribution in [3.05, 3.63) is 75.7 Å². The number of aryl methyl sites for hydroxylation is 1. The number of hydrogen-bond donors (Lipinski definition) is 0. The Morgan fingerprint density at radius 2 is 1.88 bits per heavy atom. The summed E-state index contributed by atoms with van der Waals surface area (Å²) in [7, 11) is 5.02. The van der Waals surface area contributed by atoms with E-state index in [1.54, 1.807) is 49.7 Å². The lowest BCUT2D eigenvalue weighted by atomic mass is 10.1. The van der Waals surface area contributed by atoms with Gasteiger partial charge in [0.1, 0.15) is 12.4 Å². The molecule has 32 heavy (non-hydrogen) atoms. The Hall–Kier alpha value is -3.32. The number of likely N-dealkylation sites (N-methyl/N-ethyl adjacent to an activating group) is 1. The maximum Gasteiger partial charge on any atom is 0.246 e. The first-order valence-corrected chi connectivity index (χ1v) is 11.1. The molecule has 0 saturated heterocycles. The zero-order valence-electron chi connectivity index (χ0n) is 18.8. The maximum absolute atomic E-state index is 12.6. The molecule has 0 aliphatic rings. The minimum absolute atomic E-state index is 0.0737. The van der Waals surface area contributed by atoms with Gasteiger partial charge in [0, 0.05) is 30.6 Å². The van der Waals surface area contributed by atoms with Crippen LogP contribution in [0.25, 0.3) is 6.08 Å². The minimum Gasteiger partial charge on any atom is -0.493 e. The third-order valence-electron chi connectivity index (χ3n) is 4.93. The van der Waals surface area contributed by atoms with E-state index in [1.165, 1.54) is 0 Å². The Bertz CT molecular complexity index is 1080. The van der Waals surface area contributed by atoms with Gasteiger partial charge in [-0.2, -0.15) is 0 Å². The predicted octanol–water partition coefficient (Wildman–Crippen LogP) is 4.76. The average Bonchev–Trinajstić information content (AvgIpc) is 3.24. The summed E-state index contributed by atoms with van der Waals surface area (Å²) in [4.78, 5) is 18.7. The molecule has 0 aliphatic carbocycles. The number of carbonyl (C=O) groups is 1. The summed E-state index contributed by atoms with van der Waals surface area (Å²) in [5, 5.41) is 3.00. The number of aromatic nitrogens is 1. The van der Waals surface area contributed by atoms with E-state index in [9.17, 15) is 4.79 Å². The topological polar surface area (TPSA) is 60.9 Å². The molecule has 0 atom stereocenters. The van der Waals surface area contributed by atoms with Gasteiger partial charge < -0.3 is 19.1 Å². The van der Waals surface area contributed by atoms with Crippen molar-refractivity contribution < 1.29 is 19.0 Å². The Kier molecular flexibility index (Phi) is 8.27. The van der Waals surface area contributed by atoms with Crippen molar-refractivity contribution in [3.63, 3.8) is 0 Å². The van der Waals surface area contributed by atoms with E-state index in [4.69, 9.17) is 14.2 Å². The molecule has 0 aliphatic heterocycles. The Balaban J connectivity index is 1.57. The van der Waals surface area contributed by atoms with Crippen LogP contribution in [0.2, 0.25) is 0 Å². The van der Waals surface area contributed by atoms with Crippen LogP contribution in [0.15, 0.2) is 53.9 Å². The van der Waals surface area contributed by atoms with Gasteiger partial charge in [-0.05, 0) is 43.2 Å². The largest absolute Gasteiger partial charge is 0.493 e. The van der Waals surface area contributed by atoms with Crippen LogP contribution in [-0.2, 0) is 17.8 Å². The fraction of sp³-hybridized carbons (Fsp3) is 0.280. The van der Waals surface area contributed by atoms with Crippen LogP contribution >= 0.6 is 11.3 Å². The molecule has 1 amide bonds. The number of carbonyl (C=O) groups excluding carboxylic acids is 1. The standard InChI is InChI=1S/C25H28N2O4S/c1-18-26-21(17-32-18)16-31-22-8-6-5-7-20(22)10-12-25(28)27(2)14-13-19-9-11-23(29-3)24(15-19)30-4/h5-12,15,17H,13-14,16H2,1-4H3/b12-10+. The molecule has 0 saturated carbocycles. The smallest absolute Gasteiger partial charge is 0.246 e. The monoisotopic (exact) mass is 452 g/mol. The van der Waals surface area contributed by atoms with Crippen LogP contribution in [-0.4, -0.2) is 43.6 Å². The van der Waals surface area contributed by atoms with E-state index in [0.29, 0.717) is 31.1 Å². The van der Waals surface area contributed by atoms with Crippen molar-refractivity contribution in [2.24, 2.45) is 0 Å². The predicted molar refractivity (Wildman–Crippen MR) is 128 cm³/mol. The number of nitrogens with zero attached hydrogens (tertiary/aromatic N) is 2. The Morgan fingerprint density at radius 1 is 1.09 bits per heavy atom. The number of para-hydroxylation sites is 1. The Labute approximate surface area is 193 Å². The second kappa shape index (κ2) is 11.3. The first-order valence-electron chi connectivity index (χ1n) is 10.3. The van der Waals surface area contributed by atoms with Crippen LogP contribution in [0.3, 0.4) is 0 Å². The molecule has 1 aromatic heterocycles. The summed E-state index contributed by atoms with van der Waals surface area (Å²) < 4.78 is 16.5. The first-order chi connectivity index (χ1) is 15.5. The third kappa shape index (κ3) is 6.34. The highest BCUT2D eigenvalue weighted by molar-refractivity contribution is 7.09. The van der Waals surface area contributed by atoms with E-state index < -0.39 is 0 Å². The molecule has 0 bridgehead atoms. The first kappa shape index (κ1) is 23.3. The molecule has 7 heteroatoms. The SMILES string of the molecule is COc1ccc(CCN(C)C(=O)/C=C/c2ccccc2OCc2csc(C)n2)cc1OC. The van der Waals surface area contributed by atoms with Crippen LogP contribution in [0, 0.1) is 6.92 Å². The van der Waals surface area contributed by atoms with Crippen molar-refractivity contribution in [1.82, 2.24) is 9.88 Å². The molecule has 0 fully saturated rings. The number of thiazole rings is 1. The summed E-state index contributed by atoms with van der Waals surface area (Å²) in [6.45, 7) is 2.95. The second-order valence-electron chi connectivity index (χ2n) is 7.22. The van der Waals surface area contributed by atoms with E-state index in [-0.39, 0.29) is 5.91 Å². The van der Waals surface area contributed by atoms with Gasteiger partial charge in [0.2, 0.25) is 5.91 Å². The number of rotatable bonds is 10. The van der Waals surface area contributed by atoms with Gasteiger partial charge in [-0.15, -0.1) is 11.3 Å². The summed E-state index contributed by atoms with van der Waals surface area (Å²) >= 11 is 1.60. The highest BCUT2D eigenvalue weighted by Crippen LogP contribution is 2.27. The number of methoxy groups -OCH3 is 2. The van der Waals surface area contributed by atoms with E-state index in [0.717, 1.165) is 27.6 Å². The fourth-order valence-electron chi connectivity index (χ4n) is 3.11. The molecule has 1 heterocycles. The fourth-order valence-corrected chi connectivity index (χ4v) is 3.70. The molecular weight excluding hydrogens is 424 g/mol. The lowest BCUT2D eigenvalue weighted by Gasteiger charge is -2.16. The molecule has 0 radical (unpaired) electrons. The van der Waals surface area contributed by atoms with E-state index >= 15 is 0 Å². The summed E-state index contributed by atoms with van der Waals surface area (Å²) in [5.74, 6) is 2.02. The van der Waals surface area contributed by atoms with Gasteiger partial charge in [-0.3, -0.25) is 4.79 Å². The molecule has 3 aromatic rings. The van der Waals surface area contributed by atoms with Crippen LogP contribution in [0.4, 0.5) is 0 Å². The third-order valence-corrected chi connectivity index (χ3v) is 5.75. The average molecular weight is 453 g/mol. The normalized spacial score (nSPS) is 10.9. The van der Waals surface area contributed by atoms with Gasteiger partial charge >= 0.3 is 0 Å². The summed E-state index contributed by atoms with van der Waals surface area (Å²) in [6.07, 6.45) is 4.07. The molecule has 6 nitrogen and oxygen atoms in total. The number of benzene rings is 2. The lowest BCUT2D eigenvalue weighted by Crippen LogP contribution is -2.27. The lowest BCUT2D eigenvalue weighted by molar-refractivity contribution is -0.124. The molecule has 0 N–H and O–H groups in total. The van der Waals surface area contributed by atoms with Crippen molar-refractivity contribution in [1.29, 1.82) is 0 Å². The highest BCUT2D eigenvalue weighted by Gasteiger charge is 2.09. The van der Waals surface area contributed by atoms with Crippen molar-refractivity contribution in [2.75, 3.05) is 27.8 Å². The second-order valence-corrected chi connectivity index (χ2v) is 8.28. The van der Waals surface area contributed by atoms with Crippen molar-refractivity contribution in [2.45, 2.75) is 20.0 Å². The van der Waals surface area contributed by atoms with Crippen molar-refractivity contribution in [3.8, 4) is 17.2 Å². The maximum atomic E-state index is 12.6. The summed E-state index contributed by atoms with van der Waals surface area (Å²) in [5.41, 5.74) is 2.82. The van der Waals surface area contributed by atoms with E-state index in [2.05, 4.69) is 4.98 Å². The number of amides is 1. The number of ether oxygens (including phenoxy) is 3. The minimum atomic E-state index is -0.0737. The highest BCUT2D eigenvalue weighted by atomic mass is 32.1. The van der Waals surface area contributed by atoms with E-state index in [1.807, 2.05) is 54.8 Å². The van der Waals surface area contributed by atoms with Crippen LogP contribution in [0.5, 0.6) is 17.2 Å². The molecular formula is C25H28N2O4S. The molecule has 3 rings (SSSR count). The quantitative estimate of drug-likeness (QED) is 0.415. The van der Waals surface area contributed by atoms with Gasteiger partial charge in [-0.1, -0.05) is 24.3 Å². The van der Waals surface area contributed by atoms with Crippen LogP contribution in [0.1, 0.15) is 21.8 Å². The molecule has 2 aromatic carbocycles. The Morgan fingerprint density at radius 3 is 2.59 bits per heavy atom. The van der Waals surface area contributed by atoms with Gasteiger partial charge in [-0.25, -0.2) is 4.98 Å². The summed E-state index contributed by atoms with van der Waals surface area (Å²) in [6, 6.07) is 13.4. The zero-order valence-corrected chi connectivity index (χ0v) is 19.6. The molecule has 0 spiro atoms. The van der Waals surface area contributed by atoms with Crippen molar-refractivity contribution >= 4 is 23.3 Å². The van der Waals surface area contributed by atoms with Crippen LogP contribution < -0.4 is 14.2 Å². The molecule has 0 unspecified atom stereocenters. The molecule has 168 valence electrons.